The van der Waals surface area contributed by atoms with Crippen molar-refractivity contribution in [1.82, 2.24) is 10.0 Å². The topological polar surface area (TPSA) is 128 Å². The maximum absolute atomic E-state index is 12.8. The number of hydrogen-bond donors (Lipinski definition) is 3. The van der Waals surface area contributed by atoms with Crippen molar-refractivity contribution in [3.8, 4) is 5.75 Å². The van der Waals surface area contributed by atoms with Crippen LogP contribution < -0.4 is 20.5 Å². The molecule has 0 unspecified atom stereocenters. The Balaban J connectivity index is 1.65. The van der Waals surface area contributed by atoms with Crippen molar-refractivity contribution in [2.24, 2.45) is 5.73 Å². The summed E-state index contributed by atoms with van der Waals surface area (Å²) in [5, 5.41) is 2.85. The van der Waals surface area contributed by atoms with Crippen LogP contribution in [0, 0.1) is 0 Å². The molecule has 0 bridgehead atoms. The number of carbonyl (C=O) groups is 2. The first-order valence-corrected chi connectivity index (χ1v) is 12.8. The van der Waals surface area contributed by atoms with Gasteiger partial charge in [0.05, 0.1) is 11.3 Å². The van der Waals surface area contributed by atoms with E-state index in [2.05, 4.69) is 10.0 Å². The highest BCUT2D eigenvalue weighted by Gasteiger charge is 2.16. The number of primary amides is 1. The molecule has 0 aromatic heterocycles. The van der Waals surface area contributed by atoms with E-state index in [1.54, 1.807) is 80.6 Å². The largest absolute Gasteiger partial charge is 0.488 e. The lowest BCUT2D eigenvalue weighted by Crippen LogP contribution is -2.32. The van der Waals surface area contributed by atoms with E-state index in [4.69, 9.17) is 10.5 Å². The quantitative estimate of drug-likeness (QED) is 0.377. The van der Waals surface area contributed by atoms with Gasteiger partial charge in [-0.15, -0.1) is 0 Å². The third-order valence-electron chi connectivity index (χ3n) is 5.05. The second kappa shape index (κ2) is 11.6. The predicted molar refractivity (Wildman–Crippen MR) is 134 cm³/mol. The number of nitrogens with two attached hydrogens (primary N) is 1. The highest BCUT2D eigenvalue weighted by molar-refractivity contribution is 7.88. The summed E-state index contributed by atoms with van der Waals surface area (Å²) in [5.41, 5.74) is 8.18. The lowest BCUT2D eigenvalue weighted by Gasteiger charge is -2.14. The van der Waals surface area contributed by atoms with Gasteiger partial charge in [0.25, 0.3) is 11.8 Å². The fourth-order valence-electron chi connectivity index (χ4n) is 3.51. The van der Waals surface area contributed by atoms with Crippen molar-refractivity contribution in [1.29, 1.82) is 0 Å². The van der Waals surface area contributed by atoms with E-state index in [-0.39, 0.29) is 36.4 Å². The fraction of sp³-hybridized carbons (Fsp3) is 0.231. The van der Waals surface area contributed by atoms with Gasteiger partial charge in [0.2, 0.25) is 10.0 Å². The number of ether oxygens (including phenoxy) is 1. The molecule has 4 N–H and O–H groups in total. The summed E-state index contributed by atoms with van der Waals surface area (Å²) in [7, 11) is -3.50. The Kier molecular flexibility index (Phi) is 8.62. The molecule has 2 amide bonds. The van der Waals surface area contributed by atoms with Crippen LogP contribution in [0.25, 0.3) is 0 Å². The second-order valence-electron chi connectivity index (χ2n) is 8.33. The molecule has 3 aromatic carbocycles. The van der Waals surface area contributed by atoms with Gasteiger partial charge in [-0.1, -0.05) is 48.5 Å². The Morgan fingerprint density at radius 3 is 2.34 bits per heavy atom. The fourth-order valence-corrected chi connectivity index (χ4v) is 5.01. The minimum Gasteiger partial charge on any atom is -0.488 e. The number of sulfonamides is 1. The average molecular weight is 496 g/mol. The molecule has 184 valence electrons. The maximum Gasteiger partial charge on any atom is 0.252 e. The van der Waals surface area contributed by atoms with E-state index in [1.807, 2.05) is 6.07 Å². The number of hydrogen-bond acceptors (Lipinski definition) is 5. The standard InChI is InChI=1S/C26H29N3O5S/c1-18(2)29-35(32,33)17-22-10-4-3-9-21(22)15-28-26(31)20-11-7-8-19(14-20)16-34-24-13-6-5-12-23(24)25(27)30/h3-14,18,29H,15-17H2,1-2H3,(H2,27,30)(H,28,31). The Morgan fingerprint density at radius 2 is 1.63 bits per heavy atom. The van der Waals surface area contributed by atoms with Crippen molar-refractivity contribution in [2.45, 2.75) is 38.8 Å². The lowest BCUT2D eigenvalue weighted by molar-refractivity contribution is 0.0949. The third-order valence-corrected chi connectivity index (χ3v) is 6.58. The van der Waals surface area contributed by atoms with Crippen molar-refractivity contribution in [3.05, 3.63) is 101 Å². The molecular weight excluding hydrogens is 466 g/mol. The first kappa shape index (κ1) is 25.9. The van der Waals surface area contributed by atoms with Crippen LogP contribution in [-0.4, -0.2) is 26.3 Å². The summed E-state index contributed by atoms with van der Waals surface area (Å²) < 4.78 is 33.0. The van der Waals surface area contributed by atoms with E-state index in [9.17, 15) is 18.0 Å². The van der Waals surface area contributed by atoms with Crippen LogP contribution in [0.2, 0.25) is 0 Å². The zero-order valence-electron chi connectivity index (χ0n) is 19.7. The summed E-state index contributed by atoms with van der Waals surface area (Å²) in [6, 6.07) is 20.5. The average Bonchev–Trinajstić information content (AvgIpc) is 2.81. The summed E-state index contributed by atoms with van der Waals surface area (Å²) in [5.74, 6) is -0.686. The summed E-state index contributed by atoms with van der Waals surface area (Å²) in [4.78, 5) is 24.4. The van der Waals surface area contributed by atoms with Gasteiger partial charge in [0, 0.05) is 18.2 Å². The van der Waals surface area contributed by atoms with Gasteiger partial charge >= 0.3 is 0 Å². The summed E-state index contributed by atoms with van der Waals surface area (Å²) >= 11 is 0. The monoisotopic (exact) mass is 495 g/mol. The molecule has 9 heteroatoms. The van der Waals surface area contributed by atoms with Gasteiger partial charge in [0.1, 0.15) is 12.4 Å². The number of para-hydroxylation sites is 1. The number of amides is 2. The molecule has 0 aliphatic heterocycles. The molecule has 35 heavy (non-hydrogen) atoms. The molecule has 0 heterocycles. The number of benzene rings is 3. The molecule has 0 atom stereocenters. The highest BCUT2D eigenvalue weighted by Crippen LogP contribution is 2.19. The van der Waals surface area contributed by atoms with Crippen LogP contribution in [0.3, 0.4) is 0 Å². The number of rotatable bonds is 11. The molecule has 0 fully saturated rings. The van der Waals surface area contributed by atoms with Crippen molar-refractivity contribution in [2.75, 3.05) is 0 Å². The Morgan fingerprint density at radius 1 is 0.943 bits per heavy atom. The molecule has 0 radical (unpaired) electrons. The summed E-state index contributed by atoms with van der Waals surface area (Å²) in [6.45, 7) is 3.85. The minimum absolute atomic E-state index is 0.148. The molecule has 0 aliphatic rings. The van der Waals surface area contributed by atoms with E-state index >= 15 is 0 Å². The van der Waals surface area contributed by atoms with E-state index in [0.29, 0.717) is 16.9 Å². The van der Waals surface area contributed by atoms with Gasteiger partial charge in [0.15, 0.2) is 0 Å². The SMILES string of the molecule is CC(C)NS(=O)(=O)Cc1ccccc1CNC(=O)c1cccc(COc2ccccc2C(N)=O)c1. The maximum atomic E-state index is 12.8. The van der Waals surface area contributed by atoms with Gasteiger partial charge in [-0.05, 0) is 54.8 Å². The first-order valence-electron chi connectivity index (χ1n) is 11.1. The molecular formula is C26H29N3O5S. The molecule has 0 saturated carbocycles. The molecule has 3 aromatic rings. The van der Waals surface area contributed by atoms with Crippen molar-refractivity contribution in [3.63, 3.8) is 0 Å². The Labute approximate surface area is 205 Å². The van der Waals surface area contributed by atoms with Crippen LogP contribution in [0.15, 0.2) is 72.8 Å². The van der Waals surface area contributed by atoms with E-state index in [1.165, 1.54) is 0 Å². The van der Waals surface area contributed by atoms with Crippen LogP contribution in [-0.2, 0) is 28.9 Å². The molecule has 3 rings (SSSR count). The van der Waals surface area contributed by atoms with Crippen LogP contribution >= 0.6 is 0 Å². The van der Waals surface area contributed by atoms with Crippen LogP contribution in [0.5, 0.6) is 5.75 Å². The normalized spacial score (nSPS) is 11.3. The number of carbonyl (C=O) groups excluding carboxylic acids is 2. The predicted octanol–water partition coefficient (Wildman–Crippen LogP) is 3.12. The zero-order chi connectivity index (χ0) is 25.4. The first-order chi connectivity index (χ1) is 16.6. The molecule has 0 spiro atoms. The number of nitrogens with one attached hydrogen (secondary N) is 2. The second-order valence-corrected chi connectivity index (χ2v) is 10.1. The molecule has 8 nitrogen and oxygen atoms in total. The van der Waals surface area contributed by atoms with Crippen molar-refractivity contribution >= 4 is 21.8 Å². The van der Waals surface area contributed by atoms with Crippen LogP contribution in [0.1, 0.15) is 51.3 Å². The minimum atomic E-state index is -3.50. The van der Waals surface area contributed by atoms with E-state index < -0.39 is 15.9 Å². The van der Waals surface area contributed by atoms with Gasteiger partial charge in [-0.3, -0.25) is 9.59 Å². The van der Waals surface area contributed by atoms with E-state index in [0.717, 1.165) is 11.1 Å². The third kappa shape index (κ3) is 7.66. The lowest BCUT2D eigenvalue weighted by atomic mass is 10.1. The zero-order valence-corrected chi connectivity index (χ0v) is 20.5. The van der Waals surface area contributed by atoms with Gasteiger partial charge in [-0.25, -0.2) is 13.1 Å². The molecule has 0 saturated heterocycles. The van der Waals surface area contributed by atoms with Crippen molar-refractivity contribution < 1.29 is 22.7 Å². The smallest absolute Gasteiger partial charge is 0.252 e. The van der Waals surface area contributed by atoms with Gasteiger partial charge in [-0.2, -0.15) is 0 Å². The van der Waals surface area contributed by atoms with Gasteiger partial charge < -0.3 is 15.8 Å². The Hall–Kier alpha value is -3.69. The Bertz CT molecular complexity index is 1310. The highest BCUT2D eigenvalue weighted by atomic mass is 32.2. The molecule has 0 aliphatic carbocycles. The van der Waals surface area contributed by atoms with Crippen LogP contribution in [0.4, 0.5) is 0 Å². The summed E-state index contributed by atoms with van der Waals surface area (Å²) in [6.07, 6.45) is 0.